The van der Waals surface area contributed by atoms with Crippen molar-refractivity contribution in [3.63, 3.8) is 0 Å². The Morgan fingerprint density at radius 1 is 1.29 bits per heavy atom. The summed E-state index contributed by atoms with van der Waals surface area (Å²) in [5, 5.41) is 19.2. The van der Waals surface area contributed by atoms with Gasteiger partial charge in [-0.2, -0.15) is 0 Å². The zero-order valence-corrected chi connectivity index (χ0v) is 11.5. The molecule has 2 N–H and O–H groups in total. The van der Waals surface area contributed by atoms with E-state index in [1.807, 2.05) is 0 Å². The van der Waals surface area contributed by atoms with Gasteiger partial charge in [-0.15, -0.1) is 0 Å². The van der Waals surface area contributed by atoms with Gasteiger partial charge in [0.2, 0.25) is 0 Å². The molecule has 6 heteroatoms. The zero-order valence-electron chi connectivity index (χ0n) is 11.5. The van der Waals surface area contributed by atoms with Crippen LogP contribution in [0.25, 0.3) is 11.1 Å². The number of aromatic hydroxyl groups is 1. The van der Waals surface area contributed by atoms with Crippen molar-refractivity contribution in [3.8, 4) is 22.6 Å². The molecule has 21 heavy (non-hydrogen) atoms. The summed E-state index contributed by atoms with van der Waals surface area (Å²) in [4.78, 5) is 23.6. The number of hydrogen-bond acceptors (Lipinski definition) is 5. The molecule has 0 saturated carbocycles. The van der Waals surface area contributed by atoms with E-state index < -0.39 is 11.4 Å². The lowest BCUT2D eigenvalue weighted by Gasteiger charge is -2.14. The number of carboxylic acids is 1. The summed E-state index contributed by atoms with van der Waals surface area (Å²) in [6.45, 7) is 1.78. The van der Waals surface area contributed by atoms with Gasteiger partial charge in [0.05, 0.1) is 24.5 Å². The first-order chi connectivity index (χ1) is 10.0. The number of carbonyl (C=O) groups is 1. The van der Waals surface area contributed by atoms with Crippen LogP contribution in [0.5, 0.6) is 11.5 Å². The first-order valence-electron chi connectivity index (χ1n) is 6.25. The van der Waals surface area contributed by atoms with E-state index in [2.05, 4.69) is 0 Å². The second-order valence-electron chi connectivity index (χ2n) is 4.28. The SMILES string of the molecule is CCc1occc(=O)c1-c1c(C(=O)O)ccc(O)c1OC. The second kappa shape index (κ2) is 5.70. The molecule has 0 atom stereocenters. The maximum atomic E-state index is 12.2. The fourth-order valence-electron chi connectivity index (χ4n) is 2.19. The minimum Gasteiger partial charge on any atom is -0.504 e. The third-order valence-corrected chi connectivity index (χ3v) is 3.10. The largest absolute Gasteiger partial charge is 0.504 e. The molecule has 0 radical (unpaired) electrons. The number of benzene rings is 1. The number of phenolic OH excluding ortho intramolecular Hbond substituents is 1. The van der Waals surface area contributed by atoms with E-state index >= 15 is 0 Å². The van der Waals surface area contributed by atoms with E-state index in [1.165, 1.54) is 31.6 Å². The van der Waals surface area contributed by atoms with Crippen LogP contribution in [0.3, 0.4) is 0 Å². The van der Waals surface area contributed by atoms with Gasteiger partial charge in [-0.05, 0) is 12.1 Å². The van der Waals surface area contributed by atoms with Crippen molar-refractivity contribution in [1.29, 1.82) is 0 Å². The molecule has 2 rings (SSSR count). The second-order valence-corrected chi connectivity index (χ2v) is 4.28. The van der Waals surface area contributed by atoms with Crippen molar-refractivity contribution in [2.24, 2.45) is 0 Å². The Morgan fingerprint density at radius 3 is 2.57 bits per heavy atom. The Bertz CT molecular complexity index is 744. The van der Waals surface area contributed by atoms with Gasteiger partial charge in [-0.3, -0.25) is 4.79 Å². The molecular formula is C15H14O6. The molecule has 0 amide bonds. The van der Waals surface area contributed by atoms with Crippen molar-refractivity contribution in [2.45, 2.75) is 13.3 Å². The molecule has 0 bridgehead atoms. The summed E-state index contributed by atoms with van der Waals surface area (Å²) in [6.07, 6.45) is 1.64. The van der Waals surface area contributed by atoms with Crippen LogP contribution in [0.15, 0.2) is 33.7 Å². The van der Waals surface area contributed by atoms with E-state index in [-0.39, 0.29) is 28.2 Å². The monoisotopic (exact) mass is 290 g/mol. The third kappa shape index (κ3) is 2.47. The molecule has 2 aromatic rings. The topological polar surface area (TPSA) is 97.0 Å². The van der Waals surface area contributed by atoms with E-state index in [4.69, 9.17) is 9.15 Å². The first-order valence-corrected chi connectivity index (χ1v) is 6.25. The third-order valence-electron chi connectivity index (χ3n) is 3.10. The number of methoxy groups -OCH3 is 1. The Labute approximate surface area is 120 Å². The number of aromatic carboxylic acids is 1. The molecule has 1 heterocycles. The predicted octanol–water partition coefficient (Wildman–Crippen LogP) is 2.28. The van der Waals surface area contributed by atoms with Gasteiger partial charge in [0, 0.05) is 18.1 Å². The van der Waals surface area contributed by atoms with Gasteiger partial charge in [-0.25, -0.2) is 4.79 Å². The highest BCUT2D eigenvalue weighted by Gasteiger charge is 2.24. The summed E-state index contributed by atoms with van der Waals surface area (Å²) in [7, 11) is 1.29. The Balaban J connectivity index is 2.95. The van der Waals surface area contributed by atoms with E-state index in [1.54, 1.807) is 6.92 Å². The van der Waals surface area contributed by atoms with E-state index in [0.29, 0.717) is 12.2 Å². The van der Waals surface area contributed by atoms with Crippen LogP contribution in [0.2, 0.25) is 0 Å². The quantitative estimate of drug-likeness (QED) is 0.896. The van der Waals surface area contributed by atoms with Crippen LogP contribution < -0.4 is 10.2 Å². The lowest BCUT2D eigenvalue weighted by Crippen LogP contribution is -2.11. The molecule has 1 aromatic carbocycles. The summed E-state index contributed by atoms with van der Waals surface area (Å²) < 4.78 is 10.4. The minimum atomic E-state index is -1.23. The summed E-state index contributed by atoms with van der Waals surface area (Å²) in [6, 6.07) is 3.63. The lowest BCUT2D eigenvalue weighted by atomic mass is 9.96. The van der Waals surface area contributed by atoms with Crippen molar-refractivity contribution in [2.75, 3.05) is 7.11 Å². The van der Waals surface area contributed by atoms with Gasteiger partial charge in [0.15, 0.2) is 16.9 Å². The highest BCUT2D eigenvalue weighted by atomic mass is 16.5. The summed E-state index contributed by atoms with van der Waals surface area (Å²) >= 11 is 0. The molecule has 0 saturated heterocycles. The number of phenols is 1. The average molecular weight is 290 g/mol. The lowest BCUT2D eigenvalue weighted by molar-refractivity contribution is 0.0697. The number of rotatable bonds is 4. The number of aryl methyl sites for hydroxylation is 1. The van der Waals surface area contributed by atoms with Crippen molar-refractivity contribution in [3.05, 3.63) is 46.0 Å². The van der Waals surface area contributed by atoms with E-state index in [9.17, 15) is 19.8 Å². The molecule has 0 aliphatic rings. The molecule has 0 fully saturated rings. The normalized spacial score (nSPS) is 10.4. The first kappa shape index (κ1) is 14.6. The smallest absolute Gasteiger partial charge is 0.336 e. The highest BCUT2D eigenvalue weighted by molar-refractivity contribution is 5.99. The number of ether oxygens (including phenoxy) is 1. The molecule has 0 aliphatic carbocycles. The molecule has 6 nitrogen and oxygen atoms in total. The molecule has 110 valence electrons. The van der Waals surface area contributed by atoms with Crippen molar-refractivity contribution < 1.29 is 24.2 Å². The van der Waals surface area contributed by atoms with Gasteiger partial charge < -0.3 is 19.4 Å². The van der Waals surface area contributed by atoms with Crippen LogP contribution in [0.4, 0.5) is 0 Å². The molecular weight excluding hydrogens is 276 g/mol. The predicted molar refractivity (Wildman–Crippen MR) is 75.0 cm³/mol. The Morgan fingerprint density at radius 2 is 2.00 bits per heavy atom. The maximum Gasteiger partial charge on any atom is 0.336 e. The van der Waals surface area contributed by atoms with Crippen LogP contribution in [-0.2, 0) is 6.42 Å². The summed E-state index contributed by atoms with van der Waals surface area (Å²) in [5.41, 5.74) is -0.427. The van der Waals surface area contributed by atoms with E-state index in [0.717, 1.165) is 0 Å². The van der Waals surface area contributed by atoms with Crippen LogP contribution in [0.1, 0.15) is 23.0 Å². The fourth-order valence-corrected chi connectivity index (χ4v) is 2.19. The molecule has 0 aliphatic heterocycles. The van der Waals surface area contributed by atoms with Crippen LogP contribution >= 0.6 is 0 Å². The summed E-state index contributed by atoms with van der Waals surface area (Å²) in [5.74, 6) is -1.21. The molecule has 1 aromatic heterocycles. The number of carboxylic acid groups (broad SMARTS) is 1. The average Bonchev–Trinajstić information content (AvgIpc) is 2.46. The van der Waals surface area contributed by atoms with Crippen molar-refractivity contribution in [1.82, 2.24) is 0 Å². The molecule has 0 unspecified atom stereocenters. The van der Waals surface area contributed by atoms with Gasteiger partial charge in [-0.1, -0.05) is 6.92 Å². The van der Waals surface area contributed by atoms with Crippen molar-refractivity contribution >= 4 is 5.97 Å². The van der Waals surface area contributed by atoms with Crippen LogP contribution in [0, 0.1) is 0 Å². The minimum absolute atomic E-state index is 0.0243. The van der Waals surface area contributed by atoms with Gasteiger partial charge >= 0.3 is 5.97 Å². The van der Waals surface area contributed by atoms with Crippen LogP contribution in [-0.4, -0.2) is 23.3 Å². The Kier molecular flexibility index (Phi) is 3.98. The maximum absolute atomic E-state index is 12.2. The standard InChI is InChI=1S/C15H14O6/c1-3-11-13(9(16)6-7-21-11)12-8(15(18)19)4-5-10(17)14(12)20-2/h4-7,17H,3H2,1-2H3,(H,18,19). The van der Waals surface area contributed by atoms with Gasteiger partial charge in [0.25, 0.3) is 0 Å². The number of hydrogen-bond donors (Lipinski definition) is 2. The Hall–Kier alpha value is -2.76. The highest BCUT2D eigenvalue weighted by Crippen LogP contribution is 2.40. The van der Waals surface area contributed by atoms with Gasteiger partial charge in [0.1, 0.15) is 5.76 Å². The zero-order chi connectivity index (χ0) is 15.6. The fraction of sp³-hybridized carbons (Fsp3) is 0.200. The molecule has 0 spiro atoms.